The van der Waals surface area contributed by atoms with E-state index in [1.165, 1.54) is 12.1 Å². The fraction of sp³-hybridized carbons (Fsp3) is 0.278. The first-order valence-corrected chi connectivity index (χ1v) is 8.50. The maximum absolute atomic E-state index is 13.3. The average molecular weight is 353 g/mol. The Morgan fingerprint density at radius 2 is 2.08 bits per heavy atom. The van der Waals surface area contributed by atoms with Gasteiger partial charge in [0.15, 0.2) is 0 Å². The summed E-state index contributed by atoms with van der Waals surface area (Å²) in [6, 6.07) is 8.47. The van der Waals surface area contributed by atoms with E-state index in [9.17, 15) is 4.39 Å². The molecule has 26 heavy (non-hydrogen) atoms. The molecule has 0 unspecified atom stereocenters. The summed E-state index contributed by atoms with van der Waals surface area (Å²) >= 11 is 0. The minimum absolute atomic E-state index is 0.251. The van der Waals surface area contributed by atoms with Crippen LogP contribution < -0.4 is 16.8 Å². The van der Waals surface area contributed by atoms with Crippen LogP contribution in [-0.2, 0) is 6.54 Å². The molecule has 5 N–H and O–H groups in total. The van der Waals surface area contributed by atoms with Gasteiger partial charge in [-0.25, -0.2) is 14.1 Å². The lowest BCUT2D eigenvalue weighted by molar-refractivity contribution is 0.345. The first-order valence-electron chi connectivity index (χ1n) is 8.50. The minimum atomic E-state index is -0.294. The first kappa shape index (κ1) is 16.5. The number of aromatic nitrogens is 4. The molecule has 1 saturated carbocycles. The molecule has 0 aliphatic heterocycles. The summed E-state index contributed by atoms with van der Waals surface area (Å²) in [5, 5.41) is 7.52. The van der Waals surface area contributed by atoms with E-state index in [-0.39, 0.29) is 17.8 Å². The highest BCUT2D eigenvalue weighted by Gasteiger charge is 2.29. The number of nitrogen functional groups attached to an aromatic ring is 1. The van der Waals surface area contributed by atoms with E-state index in [1.807, 2.05) is 12.3 Å². The van der Waals surface area contributed by atoms with Crippen LogP contribution in [-0.4, -0.2) is 25.8 Å². The Hall–Kier alpha value is -3.00. The van der Waals surface area contributed by atoms with Crippen LogP contribution in [0.2, 0.25) is 0 Å². The summed E-state index contributed by atoms with van der Waals surface area (Å²) in [6.07, 6.45) is 5.43. The molecule has 8 heteroatoms. The lowest BCUT2D eigenvalue weighted by atomic mass is 9.78. The zero-order chi connectivity index (χ0) is 18.1. The van der Waals surface area contributed by atoms with E-state index in [2.05, 4.69) is 20.4 Å². The quantitative estimate of drug-likeness (QED) is 0.649. The van der Waals surface area contributed by atoms with Crippen LogP contribution >= 0.6 is 0 Å². The smallest absolute Gasteiger partial charge is 0.222 e. The highest BCUT2D eigenvalue weighted by molar-refractivity contribution is 5.42. The lowest BCUT2D eigenvalue weighted by Gasteiger charge is -2.32. The number of nitrogens with one attached hydrogen (secondary N) is 1. The molecule has 1 aliphatic rings. The van der Waals surface area contributed by atoms with Crippen LogP contribution in [0, 0.1) is 5.82 Å². The summed E-state index contributed by atoms with van der Waals surface area (Å²) in [4.78, 5) is 8.55. The molecule has 3 aromatic rings. The molecule has 1 aromatic carbocycles. The van der Waals surface area contributed by atoms with E-state index in [1.54, 1.807) is 23.0 Å². The lowest BCUT2D eigenvalue weighted by Crippen LogP contribution is -2.35. The van der Waals surface area contributed by atoms with E-state index >= 15 is 0 Å². The van der Waals surface area contributed by atoms with Gasteiger partial charge >= 0.3 is 0 Å². The predicted octanol–water partition coefficient (Wildman–Crippen LogP) is 2.20. The largest absolute Gasteiger partial charge is 0.368 e. The fourth-order valence-corrected chi connectivity index (χ4v) is 3.09. The molecule has 0 spiro atoms. The van der Waals surface area contributed by atoms with Gasteiger partial charge in [-0.05, 0) is 31.0 Å². The van der Waals surface area contributed by atoms with Crippen LogP contribution in [0.1, 0.15) is 30.0 Å². The van der Waals surface area contributed by atoms with Gasteiger partial charge in [0.05, 0.1) is 17.6 Å². The first-order chi connectivity index (χ1) is 12.6. The third-order valence-corrected chi connectivity index (χ3v) is 4.54. The summed E-state index contributed by atoms with van der Waals surface area (Å²) in [5.41, 5.74) is 14.2. The highest BCUT2D eigenvalue weighted by Crippen LogP contribution is 2.35. The minimum Gasteiger partial charge on any atom is -0.368 e. The second-order valence-corrected chi connectivity index (χ2v) is 6.59. The van der Waals surface area contributed by atoms with Crippen molar-refractivity contribution in [2.24, 2.45) is 5.73 Å². The topological polar surface area (TPSA) is 108 Å². The van der Waals surface area contributed by atoms with Crippen molar-refractivity contribution >= 4 is 11.8 Å². The number of nitrogens with zero attached hydrogens (tertiary/aromatic N) is 4. The van der Waals surface area contributed by atoms with Gasteiger partial charge in [0.2, 0.25) is 5.95 Å². The van der Waals surface area contributed by atoms with Gasteiger partial charge in [-0.3, -0.25) is 0 Å². The SMILES string of the molecule is Nc1nc(NCc2cnn(-c3cccc(F)c3)c2)cc(C2CC(N)C2)n1. The molecular formula is C18H20FN7. The van der Waals surface area contributed by atoms with Gasteiger partial charge in [0.1, 0.15) is 11.6 Å². The molecule has 0 bridgehead atoms. The number of hydrogen-bond donors (Lipinski definition) is 3. The number of nitrogens with two attached hydrogens (primary N) is 2. The third kappa shape index (κ3) is 3.50. The van der Waals surface area contributed by atoms with Crippen molar-refractivity contribution in [3.8, 4) is 5.69 Å². The summed E-state index contributed by atoms with van der Waals surface area (Å²) in [7, 11) is 0. The molecular weight excluding hydrogens is 333 g/mol. The zero-order valence-corrected chi connectivity index (χ0v) is 14.1. The van der Waals surface area contributed by atoms with E-state index < -0.39 is 0 Å². The molecule has 0 saturated heterocycles. The predicted molar refractivity (Wildman–Crippen MR) is 97.2 cm³/mol. The van der Waals surface area contributed by atoms with Crippen molar-refractivity contribution in [3.63, 3.8) is 0 Å². The Morgan fingerprint density at radius 1 is 1.23 bits per heavy atom. The molecule has 0 amide bonds. The summed E-state index contributed by atoms with van der Waals surface area (Å²) < 4.78 is 15.0. The second kappa shape index (κ2) is 6.72. The third-order valence-electron chi connectivity index (χ3n) is 4.54. The van der Waals surface area contributed by atoms with Crippen molar-refractivity contribution in [2.45, 2.75) is 31.3 Å². The monoisotopic (exact) mass is 353 g/mol. The van der Waals surface area contributed by atoms with Crippen LogP contribution in [0.5, 0.6) is 0 Å². The van der Waals surface area contributed by atoms with E-state index in [0.29, 0.717) is 24.0 Å². The maximum Gasteiger partial charge on any atom is 0.222 e. The van der Waals surface area contributed by atoms with Crippen molar-refractivity contribution < 1.29 is 4.39 Å². The van der Waals surface area contributed by atoms with Crippen molar-refractivity contribution in [1.82, 2.24) is 19.7 Å². The number of anilines is 2. The fourth-order valence-electron chi connectivity index (χ4n) is 3.09. The molecule has 134 valence electrons. The normalized spacial score (nSPS) is 19.2. The van der Waals surface area contributed by atoms with Crippen LogP contribution in [0.15, 0.2) is 42.7 Å². The van der Waals surface area contributed by atoms with Crippen molar-refractivity contribution in [2.75, 3.05) is 11.1 Å². The Morgan fingerprint density at radius 3 is 2.85 bits per heavy atom. The van der Waals surface area contributed by atoms with Crippen molar-refractivity contribution in [3.05, 3.63) is 59.8 Å². The van der Waals surface area contributed by atoms with Gasteiger partial charge in [-0.15, -0.1) is 0 Å². The van der Waals surface area contributed by atoms with Gasteiger partial charge in [0.25, 0.3) is 0 Å². The molecule has 1 fully saturated rings. The molecule has 7 nitrogen and oxygen atoms in total. The zero-order valence-electron chi connectivity index (χ0n) is 14.1. The number of hydrogen-bond acceptors (Lipinski definition) is 6. The number of benzene rings is 1. The standard InChI is InChI=1S/C18H20FN7/c19-13-2-1-3-15(6-13)26-10-11(9-23-26)8-22-17-7-16(24-18(21)25-17)12-4-14(20)5-12/h1-3,6-7,9-10,12,14H,4-5,8,20H2,(H3,21,22,24,25). The highest BCUT2D eigenvalue weighted by atomic mass is 19.1. The average Bonchev–Trinajstić information content (AvgIpc) is 3.06. The summed E-state index contributed by atoms with van der Waals surface area (Å²) in [5.74, 6) is 0.983. The molecule has 2 aromatic heterocycles. The van der Waals surface area contributed by atoms with E-state index in [4.69, 9.17) is 11.5 Å². The van der Waals surface area contributed by atoms with Gasteiger partial charge in [0, 0.05) is 36.3 Å². The molecule has 0 atom stereocenters. The molecule has 4 rings (SSSR count). The van der Waals surface area contributed by atoms with Gasteiger partial charge in [-0.1, -0.05) is 6.07 Å². The Labute approximate surface area is 150 Å². The molecule has 0 radical (unpaired) electrons. The van der Waals surface area contributed by atoms with Crippen LogP contribution in [0.4, 0.5) is 16.2 Å². The Bertz CT molecular complexity index is 917. The maximum atomic E-state index is 13.3. The number of halogens is 1. The van der Waals surface area contributed by atoms with Gasteiger partial charge < -0.3 is 16.8 Å². The van der Waals surface area contributed by atoms with Crippen LogP contribution in [0.25, 0.3) is 5.69 Å². The van der Waals surface area contributed by atoms with Gasteiger partial charge in [-0.2, -0.15) is 10.1 Å². The van der Waals surface area contributed by atoms with Crippen LogP contribution in [0.3, 0.4) is 0 Å². The molecule has 2 heterocycles. The van der Waals surface area contributed by atoms with Crippen molar-refractivity contribution in [1.29, 1.82) is 0 Å². The Balaban J connectivity index is 1.44. The van der Waals surface area contributed by atoms with E-state index in [0.717, 1.165) is 24.1 Å². The number of rotatable bonds is 5. The molecule has 1 aliphatic carbocycles. The Kier molecular flexibility index (Phi) is 4.26. The summed E-state index contributed by atoms with van der Waals surface area (Å²) in [6.45, 7) is 0.523. The second-order valence-electron chi connectivity index (χ2n) is 6.59.